The smallest absolute Gasteiger partial charge is 0.252 e. The van der Waals surface area contributed by atoms with Crippen LogP contribution in [0.15, 0.2) is 54.6 Å². The van der Waals surface area contributed by atoms with E-state index in [1.165, 1.54) is 31.2 Å². The molecular formula is C27H30N2O. The fraction of sp³-hybridized carbons (Fsp3) is 0.407. The first kappa shape index (κ1) is 19.3. The molecule has 2 aliphatic rings. The molecular weight excluding hydrogens is 368 g/mol. The highest BCUT2D eigenvalue weighted by Crippen LogP contribution is 2.49. The zero-order valence-corrected chi connectivity index (χ0v) is 17.9. The number of rotatable bonds is 5. The van der Waals surface area contributed by atoms with Gasteiger partial charge in [0.2, 0.25) is 0 Å². The van der Waals surface area contributed by atoms with Gasteiger partial charge in [-0.2, -0.15) is 0 Å². The molecule has 2 fully saturated rings. The number of fused-ring (bicyclic) bond motifs is 3. The van der Waals surface area contributed by atoms with Crippen LogP contribution in [0.1, 0.15) is 55.5 Å². The molecule has 154 valence electrons. The van der Waals surface area contributed by atoms with E-state index in [-0.39, 0.29) is 11.9 Å². The van der Waals surface area contributed by atoms with Crippen molar-refractivity contribution in [2.24, 2.45) is 17.8 Å². The first-order valence-corrected chi connectivity index (χ1v) is 11.4. The Morgan fingerprint density at radius 2 is 1.90 bits per heavy atom. The Hall–Kier alpha value is -2.68. The Balaban J connectivity index is 1.46. The molecule has 30 heavy (non-hydrogen) atoms. The van der Waals surface area contributed by atoms with E-state index in [1.54, 1.807) is 0 Å². The maximum Gasteiger partial charge on any atom is 0.252 e. The van der Waals surface area contributed by atoms with Gasteiger partial charge in [0.15, 0.2) is 0 Å². The van der Waals surface area contributed by atoms with Crippen molar-refractivity contribution in [1.29, 1.82) is 0 Å². The van der Waals surface area contributed by atoms with Crippen molar-refractivity contribution >= 4 is 16.8 Å². The molecule has 2 saturated carbocycles. The van der Waals surface area contributed by atoms with Crippen LogP contribution in [0.4, 0.5) is 0 Å². The number of amides is 1. The molecule has 3 heteroatoms. The van der Waals surface area contributed by atoms with Crippen molar-refractivity contribution in [2.45, 2.75) is 52.0 Å². The van der Waals surface area contributed by atoms with Gasteiger partial charge in [0.05, 0.1) is 16.8 Å². The number of pyridine rings is 1. The van der Waals surface area contributed by atoms with E-state index < -0.39 is 0 Å². The monoisotopic (exact) mass is 398 g/mol. The van der Waals surface area contributed by atoms with E-state index in [4.69, 9.17) is 4.98 Å². The van der Waals surface area contributed by atoms with Crippen molar-refractivity contribution in [1.82, 2.24) is 10.3 Å². The van der Waals surface area contributed by atoms with Crippen LogP contribution in [0.2, 0.25) is 0 Å². The molecule has 2 bridgehead atoms. The molecule has 5 rings (SSSR count). The van der Waals surface area contributed by atoms with E-state index in [2.05, 4.69) is 43.4 Å². The second kappa shape index (κ2) is 7.86. The Bertz CT molecular complexity index is 1070. The Labute approximate surface area is 178 Å². The molecule has 0 saturated heterocycles. The molecule has 1 amide bonds. The average Bonchev–Trinajstić information content (AvgIpc) is 3.42. The third-order valence-electron chi connectivity index (χ3n) is 7.41. The summed E-state index contributed by atoms with van der Waals surface area (Å²) < 4.78 is 0. The predicted octanol–water partition coefficient (Wildman–Crippen LogP) is 6.02. The lowest BCUT2D eigenvalue weighted by molar-refractivity contribution is 0.0917. The minimum Gasteiger partial charge on any atom is -0.349 e. The topological polar surface area (TPSA) is 42.0 Å². The molecule has 0 radical (unpaired) electrons. The van der Waals surface area contributed by atoms with Gasteiger partial charge in [-0.05, 0) is 68.1 Å². The summed E-state index contributed by atoms with van der Waals surface area (Å²) in [5.74, 6) is 2.34. The third-order valence-corrected chi connectivity index (χ3v) is 7.41. The molecule has 0 aliphatic heterocycles. The van der Waals surface area contributed by atoms with Gasteiger partial charge >= 0.3 is 0 Å². The van der Waals surface area contributed by atoms with Gasteiger partial charge < -0.3 is 5.32 Å². The fourth-order valence-corrected chi connectivity index (χ4v) is 5.72. The number of nitrogens with one attached hydrogen (secondary N) is 1. The quantitative estimate of drug-likeness (QED) is 0.571. The van der Waals surface area contributed by atoms with E-state index in [1.807, 2.05) is 30.3 Å². The number of nitrogens with zero attached hydrogens (tertiary/aromatic N) is 1. The normalized spacial score (nSPS) is 23.6. The first-order valence-electron chi connectivity index (χ1n) is 11.4. The molecule has 2 aromatic carbocycles. The van der Waals surface area contributed by atoms with E-state index >= 15 is 0 Å². The number of carbonyl (C=O) groups excluding carboxylic acids is 1. The lowest BCUT2D eigenvalue weighted by Crippen LogP contribution is -2.40. The molecule has 2 aliphatic carbocycles. The number of hydrogen-bond donors (Lipinski definition) is 1. The van der Waals surface area contributed by atoms with Crippen LogP contribution in [-0.2, 0) is 6.42 Å². The number of aromatic nitrogens is 1. The summed E-state index contributed by atoms with van der Waals surface area (Å²) in [5, 5.41) is 4.27. The van der Waals surface area contributed by atoms with Gasteiger partial charge in [0, 0.05) is 17.0 Å². The average molecular weight is 399 g/mol. The summed E-state index contributed by atoms with van der Waals surface area (Å²) in [6.07, 6.45) is 6.38. The van der Waals surface area contributed by atoms with Crippen molar-refractivity contribution in [3.8, 4) is 11.3 Å². The van der Waals surface area contributed by atoms with E-state index in [9.17, 15) is 4.79 Å². The summed E-state index contributed by atoms with van der Waals surface area (Å²) in [7, 11) is 0. The second-order valence-corrected chi connectivity index (χ2v) is 9.22. The predicted molar refractivity (Wildman–Crippen MR) is 122 cm³/mol. The molecule has 1 aromatic heterocycles. The van der Waals surface area contributed by atoms with Crippen LogP contribution < -0.4 is 5.32 Å². The number of hydrogen-bond acceptors (Lipinski definition) is 2. The summed E-state index contributed by atoms with van der Waals surface area (Å²) >= 11 is 0. The summed E-state index contributed by atoms with van der Waals surface area (Å²) in [5.41, 5.74) is 4.80. The van der Waals surface area contributed by atoms with Gasteiger partial charge in [-0.1, -0.05) is 55.8 Å². The SMILES string of the molecule is CCc1ccc(-c2cc(C(=O)NC(C)C3CC4CCC3C4)c3ccccc3n2)cc1. The largest absolute Gasteiger partial charge is 0.349 e. The highest BCUT2D eigenvalue weighted by Gasteiger charge is 2.42. The van der Waals surface area contributed by atoms with Crippen molar-refractivity contribution in [2.75, 3.05) is 0 Å². The zero-order chi connectivity index (χ0) is 20.7. The van der Waals surface area contributed by atoms with Crippen LogP contribution in [0.3, 0.4) is 0 Å². The number of carbonyl (C=O) groups is 1. The Morgan fingerprint density at radius 1 is 1.10 bits per heavy atom. The van der Waals surface area contributed by atoms with E-state index in [0.717, 1.165) is 46.0 Å². The summed E-state index contributed by atoms with van der Waals surface area (Å²) in [4.78, 5) is 18.2. The highest BCUT2D eigenvalue weighted by molar-refractivity contribution is 6.07. The van der Waals surface area contributed by atoms with Crippen LogP contribution >= 0.6 is 0 Å². The molecule has 3 aromatic rings. The molecule has 4 unspecified atom stereocenters. The second-order valence-electron chi connectivity index (χ2n) is 9.22. The maximum absolute atomic E-state index is 13.4. The number of para-hydroxylation sites is 1. The Kier molecular flexibility index (Phi) is 5.06. The molecule has 4 atom stereocenters. The first-order chi connectivity index (χ1) is 14.6. The highest BCUT2D eigenvalue weighted by atomic mass is 16.1. The summed E-state index contributed by atoms with van der Waals surface area (Å²) in [6, 6.07) is 18.6. The van der Waals surface area contributed by atoms with Crippen LogP contribution in [-0.4, -0.2) is 16.9 Å². The fourth-order valence-electron chi connectivity index (χ4n) is 5.72. The molecule has 1 heterocycles. The van der Waals surface area contributed by atoms with Crippen LogP contribution in [0.25, 0.3) is 22.2 Å². The summed E-state index contributed by atoms with van der Waals surface area (Å²) in [6.45, 7) is 4.35. The van der Waals surface area contributed by atoms with Gasteiger partial charge in [-0.25, -0.2) is 4.98 Å². The van der Waals surface area contributed by atoms with Crippen LogP contribution in [0, 0.1) is 17.8 Å². The minimum absolute atomic E-state index is 0.0234. The maximum atomic E-state index is 13.4. The minimum atomic E-state index is 0.0234. The lowest BCUT2D eigenvalue weighted by atomic mass is 9.84. The van der Waals surface area contributed by atoms with Gasteiger partial charge in [-0.15, -0.1) is 0 Å². The number of benzene rings is 2. The standard InChI is InChI=1S/C27H30N2O/c1-3-18-8-11-20(12-9-18)26-16-24(22-6-4-5-7-25(22)29-26)27(30)28-17(2)23-15-19-10-13-21(23)14-19/h4-9,11-12,16-17,19,21,23H,3,10,13-15H2,1-2H3,(H,28,30). The van der Waals surface area contributed by atoms with E-state index in [0.29, 0.717) is 5.92 Å². The third kappa shape index (κ3) is 3.51. The van der Waals surface area contributed by atoms with Crippen molar-refractivity contribution in [3.63, 3.8) is 0 Å². The van der Waals surface area contributed by atoms with Gasteiger partial charge in [0.1, 0.15) is 0 Å². The van der Waals surface area contributed by atoms with Gasteiger partial charge in [-0.3, -0.25) is 4.79 Å². The molecule has 1 N–H and O–H groups in total. The zero-order valence-electron chi connectivity index (χ0n) is 17.9. The van der Waals surface area contributed by atoms with Crippen LogP contribution in [0.5, 0.6) is 0 Å². The number of aryl methyl sites for hydroxylation is 1. The lowest BCUT2D eigenvalue weighted by Gasteiger charge is -2.28. The van der Waals surface area contributed by atoms with Gasteiger partial charge in [0.25, 0.3) is 5.91 Å². The molecule has 0 spiro atoms. The Morgan fingerprint density at radius 3 is 2.60 bits per heavy atom. The molecule has 3 nitrogen and oxygen atoms in total. The van der Waals surface area contributed by atoms with Crippen molar-refractivity contribution < 1.29 is 4.79 Å². The van der Waals surface area contributed by atoms with Crippen molar-refractivity contribution in [3.05, 3.63) is 65.7 Å².